The van der Waals surface area contributed by atoms with Gasteiger partial charge in [-0.25, -0.2) is 14.4 Å². The van der Waals surface area contributed by atoms with Crippen molar-refractivity contribution < 1.29 is 4.39 Å². The average Bonchev–Trinajstić information content (AvgIpc) is 2.39. The first kappa shape index (κ1) is 13.7. The average molecular weight is 280 g/mol. The van der Waals surface area contributed by atoms with Crippen molar-refractivity contribution in [3.63, 3.8) is 0 Å². The number of nitrogens with zero attached hydrogens (tertiary/aromatic N) is 2. The third kappa shape index (κ3) is 3.41. The van der Waals surface area contributed by atoms with Crippen molar-refractivity contribution in [2.45, 2.75) is 20.3 Å². The summed E-state index contributed by atoms with van der Waals surface area (Å²) in [7, 11) is 0. The maximum Gasteiger partial charge on any atom is 0.161 e. The third-order valence-corrected chi connectivity index (χ3v) is 2.89. The second kappa shape index (κ2) is 5.97. The monoisotopic (exact) mass is 279 g/mol. The number of aromatic nitrogens is 2. The molecule has 3 nitrogen and oxygen atoms in total. The third-order valence-electron chi connectivity index (χ3n) is 2.59. The Kier molecular flexibility index (Phi) is 4.32. The van der Waals surface area contributed by atoms with Crippen LogP contribution in [0.25, 0.3) is 11.4 Å². The minimum absolute atomic E-state index is 0.0979. The number of hydrogen-bond acceptors (Lipinski definition) is 3. The molecule has 100 valence electrons. The van der Waals surface area contributed by atoms with Gasteiger partial charge < -0.3 is 5.32 Å². The highest BCUT2D eigenvalue weighted by atomic mass is 35.5. The van der Waals surface area contributed by atoms with Crippen molar-refractivity contribution in [1.29, 1.82) is 0 Å². The molecule has 0 saturated carbocycles. The van der Waals surface area contributed by atoms with Crippen LogP contribution in [-0.4, -0.2) is 16.5 Å². The fraction of sp³-hybridized carbons (Fsp3) is 0.286. The molecule has 0 aliphatic rings. The first-order valence-corrected chi connectivity index (χ1v) is 6.53. The van der Waals surface area contributed by atoms with Gasteiger partial charge in [0.15, 0.2) is 5.82 Å². The molecule has 0 saturated heterocycles. The molecule has 0 aliphatic heterocycles. The minimum Gasteiger partial charge on any atom is -0.370 e. The topological polar surface area (TPSA) is 37.8 Å². The number of anilines is 1. The van der Waals surface area contributed by atoms with E-state index in [4.69, 9.17) is 11.6 Å². The molecule has 0 bridgehead atoms. The summed E-state index contributed by atoms with van der Waals surface area (Å²) >= 11 is 5.67. The second-order valence-electron chi connectivity index (χ2n) is 4.27. The molecule has 5 heteroatoms. The molecule has 0 unspecified atom stereocenters. The molecule has 19 heavy (non-hydrogen) atoms. The number of benzene rings is 1. The van der Waals surface area contributed by atoms with Gasteiger partial charge in [0, 0.05) is 23.9 Å². The smallest absolute Gasteiger partial charge is 0.161 e. The summed E-state index contributed by atoms with van der Waals surface area (Å²) in [4.78, 5) is 8.70. The zero-order valence-electron chi connectivity index (χ0n) is 10.9. The van der Waals surface area contributed by atoms with Gasteiger partial charge in [-0.15, -0.1) is 0 Å². The van der Waals surface area contributed by atoms with Gasteiger partial charge in [-0.2, -0.15) is 0 Å². The molecule has 0 radical (unpaired) electrons. The molecular formula is C14H15ClFN3. The van der Waals surface area contributed by atoms with Crippen LogP contribution in [0, 0.1) is 12.7 Å². The number of nitrogens with one attached hydrogen (secondary N) is 1. The zero-order chi connectivity index (χ0) is 13.8. The van der Waals surface area contributed by atoms with E-state index in [1.807, 2.05) is 13.0 Å². The Labute approximate surface area is 116 Å². The van der Waals surface area contributed by atoms with E-state index < -0.39 is 5.82 Å². The van der Waals surface area contributed by atoms with Crippen LogP contribution in [0.1, 0.15) is 19.0 Å². The van der Waals surface area contributed by atoms with Gasteiger partial charge >= 0.3 is 0 Å². The minimum atomic E-state index is -0.465. The van der Waals surface area contributed by atoms with Crippen molar-refractivity contribution >= 4 is 17.4 Å². The van der Waals surface area contributed by atoms with Crippen LogP contribution in [0.5, 0.6) is 0 Å². The predicted molar refractivity (Wildman–Crippen MR) is 76.0 cm³/mol. The standard InChI is InChI=1S/C14H15ClFN3/c1-3-6-17-13-7-9(2)18-14(19-13)10-4-5-11(15)12(16)8-10/h4-5,7-8H,3,6H2,1-2H3,(H,17,18,19). The molecule has 0 amide bonds. The van der Waals surface area contributed by atoms with Gasteiger partial charge in [0.25, 0.3) is 0 Å². The molecule has 0 atom stereocenters. The first-order chi connectivity index (χ1) is 9.10. The van der Waals surface area contributed by atoms with E-state index in [9.17, 15) is 4.39 Å². The van der Waals surface area contributed by atoms with Crippen LogP contribution in [0.3, 0.4) is 0 Å². The van der Waals surface area contributed by atoms with Crippen LogP contribution < -0.4 is 5.32 Å². The fourth-order valence-corrected chi connectivity index (χ4v) is 1.79. The molecule has 2 rings (SSSR count). The highest BCUT2D eigenvalue weighted by molar-refractivity contribution is 6.30. The number of rotatable bonds is 4. The lowest BCUT2D eigenvalue weighted by Crippen LogP contribution is -2.04. The van der Waals surface area contributed by atoms with Crippen molar-refractivity contribution in [2.75, 3.05) is 11.9 Å². The van der Waals surface area contributed by atoms with Crippen LogP contribution in [0.4, 0.5) is 10.2 Å². The van der Waals surface area contributed by atoms with Crippen molar-refractivity contribution in [3.05, 3.63) is 40.8 Å². The molecule has 0 aliphatic carbocycles. The van der Waals surface area contributed by atoms with E-state index in [1.54, 1.807) is 6.07 Å². The zero-order valence-corrected chi connectivity index (χ0v) is 11.6. The molecule has 1 aromatic heterocycles. The molecule has 0 spiro atoms. The number of halogens is 2. The van der Waals surface area contributed by atoms with Crippen LogP contribution >= 0.6 is 11.6 Å². The Morgan fingerprint density at radius 2 is 2.05 bits per heavy atom. The van der Waals surface area contributed by atoms with E-state index >= 15 is 0 Å². The molecule has 1 N–H and O–H groups in total. The van der Waals surface area contributed by atoms with Crippen molar-refractivity contribution in [2.24, 2.45) is 0 Å². The van der Waals surface area contributed by atoms with Gasteiger partial charge in [-0.1, -0.05) is 18.5 Å². The molecular weight excluding hydrogens is 265 g/mol. The Balaban J connectivity index is 2.37. The van der Waals surface area contributed by atoms with E-state index in [0.717, 1.165) is 24.5 Å². The molecule has 1 aromatic carbocycles. The highest BCUT2D eigenvalue weighted by Gasteiger charge is 2.08. The number of aryl methyl sites for hydroxylation is 1. The molecule has 1 heterocycles. The first-order valence-electron chi connectivity index (χ1n) is 6.15. The summed E-state index contributed by atoms with van der Waals surface area (Å²) in [6, 6.07) is 6.44. The van der Waals surface area contributed by atoms with Crippen LogP contribution in [0.2, 0.25) is 5.02 Å². The van der Waals surface area contributed by atoms with E-state index in [1.165, 1.54) is 12.1 Å². The van der Waals surface area contributed by atoms with Gasteiger partial charge in [0.2, 0.25) is 0 Å². The molecule has 0 fully saturated rings. The van der Waals surface area contributed by atoms with Crippen molar-refractivity contribution in [1.82, 2.24) is 9.97 Å². The normalized spacial score (nSPS) is 10.5. The summed E-state index contributed by atoms with van der Waals surface area (Å²) in [5.41, 5.74) is 1.45. The van der Waals surface area contributed by atoms with Gasteiger partial charge in [0.1, 0.15) is 11.6 Å². The second-order valence-corrected chi connectivity index (χ2v) is 4.68. The van der Waals surface area contributed by atoms with E-state index in [2.05, 4.69) is 22.2 Å². The summed E-state index contributed by atoms with van der Waals surface area (Å²) in [6.45, 7) is 4.80. The lowest BCUT2D eigenvalue weighted by molar-refractivity contribution is 0.628. The highest BCUT2D eigenvalue weighted by Crippen LogP contribution is 2.23. The number of hydrogen-bond donors (Lipinski definition) is 1. The Bertz CT molecular complexity index is 587. The van der Waals surface area contributed by atoms with E-state index in [-0.39, 0.29) is 5.02 Å². The lowest BCUT2D eigenvalue weighted by Gasteiger charge is -2.08. The fourth-order valence-electron chi connectivity index (χ4n) is 1.68. The maximum absolute atomic E-state index is 13.5. The lowest BCUT2D eigenvalue weighted by atomic mass is 10.2. The molecule has 2 aromatic rings. The predicted octanol–water partition coefficient (Wildman–Crippen LogP) is 4.07. The van der Waals surface area contributed by atoms with Crippen LogP contribution in [-0.2, 0) is 0 Å². The largest absolute Gasteiger partial charge is 0.370 e. The SMILES string of the molecule is CCCNc1cc(C)nc(-c2ccc(Cl)c(F)c2)n1. The van der Waals surface area contributed by atoms with Crippen LogP contribution in [0.15, 0.2) is 24.3 Å². The summed E-state index contributed by atoms with van der Waals surface area (Å²) < 4.78 is 13.5. The maximum atomic E-state index is 13.5. The van der Waals surface area contributed by atoms with E-state index in [0.29, 0.717) is 11.4 Å². The Morgan fingerprint density at radius 3 is 2.74 bits per heavy atom. The Hall–Kier alpha value is -1.68. The quantitative estimate of drug-likeness (QED) is 0.917. The summed E-state index contributed by atoms with van der Waals surface area (Å²) in [5, 5.41) is 3.30. The summed E-state index contributed by atoms with van der Waals surface area (Å²) in [5.74, 6) is 0.779. The Morgan fingerprint density at radius 1 is 1.26 bits per heavy atom. The van der Waals surface area contributed by atoms with Gasteiger partial charge in [-0.3, -0.25) is 0 Å². The van der Waals surface area contributed by atoms with Gasteiger partial charge in [-0.05, 0) is 31.5 Å². The summed E-state index contributed by atoms with van der Waals surface area (Å²) in [6.07, 6.45) is 1.01. The van der Waals surface area contributed by atoms with Crippen molar-refractivity contribution in [3.8, 4) is 11.4 Å². The van der Waals surface area contributed by atoms with Gasteiger partial charge in [0.05, 0.1) is 5.02 Å².